The SMILES string of the molecule is CCCCc1nc[c]([Sn]([CH3])([CH3])[CH3])n1COCC[Si](C)(C)C. The van der Waals surface area contributed by atoms with Crippen LogP contribution in [0.5, 0.6) is 0 Å². The molecule has 122 valence electrons. The third-order valence-electron chi connectivity index (χ3n) is 3.68. The summed E-state index contributed by atoms with van der Waals surface area (Å²) in [5.41, 5.74) is 0. The van der Waals surface area contributed by atoms with Gasteiger partial charge in [0.25, 0.3) is 0 Å². The van der Waals surface area contributed by atoms with Gasteiger partial charge in [-0.15, -0.1) is 0 Å². The molecule has 5 heteroatoms. The van der Waals surface area contributed by atoms with Crippen LogP contribution in [-0.4, -0.2) is 42.6 Å². The average molecular weight is 417 g/mol. The van der Waals surface area contributed by atoms with E-state index in [1.807, 2.05) is 0 Å². The van der Waals surface area contributed by atoms with Gasteiger partial charge in [-0.2, -0.15) is 0 Å². The van der Waals surface area contributed by atoms with Crippen molar-refractivity contribution >= 4 is 30.2 Å². The normalized spacial score (nSPS) is 12.9. The van der Waals surface area contributed by atoms with E-state index in [0.717, 1.165) is 13.0 Å². The summed E-state index contributed by atoms with van der Waals surface area (Å²) in [7, 11) is -1.00. The molecule has 0 amide bonds. The molecule has 0 aliphatic rings. The Morgan fingerprint density at radius 1 is 1.24 bits per heavy atom. The van der Waals surface area contributed by atoms with Crippen LogP contribution in [0.2, 0.25) is 40.5 Å². The van der Waals surface area contributed by atoms with Crippen molar-refractivity contribution in [2.45, 2.75) is 73.4 Å². The Kier molecular flexibility index (Phi) is 7.47. The number of ether oxygens (including phenoxy) is 1. The van der Waals surface area contributed by atoms with Crippen LogP contribution in [0.1, 0.15) is 25.6 Å². The van der Waals surface area contributed by atoms with Gasteiger partial charge in [0.2, 0.25) is 0 Å². The molecule has 0 aromatic carbocycles. The molecule has 0 atom stereocenters. The van der Waals surface area contributed by atoms with E-state index in [1.165, 1.54) is 28.4 Å². The second kappa shape index (κ2) is 8.15. The number of unbranched alkanes of at least 4 members (excludes halogenated alkanes) is 1. The van der Waals surface area contributed by atoms with Gasteiger partial charge in [0.05, 0.1) is 0 Å². The summed E-state index contributed by atoms with van der Waals surface area (Å²) in [5.74, 6) is 1.23. The minimum atomic E-state index is -2.12. The Morgan fingerprint density at radius 2 is 1.90 bits per heavy atom. The van der Waals surface area contributed by atoms with Crippen LogP contribution in [0.25, 0.3) is 0 Å². The second-order valence-corrected chi connectivity index (χ2v) is 28.1. The Balaban J connectivity index is 2.74. The zero-order valence-electron chi connectivity index (χ0n) is 15.1. The van der Waals surface area contributed by atoms with Crippen LogP contribution >= 0.6 is 0 Å². The van der Waals surface area contributed by atoms with Gasteiger partial charge in [-0.1, -0.05) is 0 Å². The molecule has 0 radical (unpaired) electrons. The van der Waals surface area contributed by atoms with Crippen molar-refractivity contribution in [3.8, 4) is 0 Å². The Labute approximate surface area is 136 Å². The van der Waals surface area contributed by atoms with Crippen molar-refractivity contribution < 1.29 is 4.74 Å². The van der Waals surface area contributed by atoms with Crippen molar-refractivity contribution in [2.75, 3.05) is 6.61 Å². The molecule has 0 aliphatic carbocycles. The van der Waals surface area contributed by atoms with Crippen molar-refractivity contribution in [2.24, 2.45) is 0 Å². The van der Waals surface area contributed by atoms with E-state index >= 15 is 0 Å². The van der Waals surface area contributed by atoms with Crippen LogP contribution in [-0.2, 0) is 17.9 Å². The number of aryl methyl sites for hydroxylation is 1. The first-order valence-electron chi connectivity index (χ1n) is 8.28. The number of nitrogens with zero attached hydrogens (tertiary/aromatic N) is 2. The van der Waals surface area contributed by atoms with Crippen molar-refractivity contribution in [3.63, 3.8) is 0 Å². The van der Waals surface area contributed by atoms with E-state index in [2.05, 4.69) is 52.1 Å². The second-order valence-electron chi connectivity index (χ2n) is 8.19. The zero-order valence-corrected chi connectivity index (χ0v) is 19.0. The first-order valence-corrected chi connectivity index (χ1v) is 22.0. The zero-order chi connectivity index (χ0) is 16.1. The summed E-state index contributed by atoms with van der Waals surface area (Å²) < 4.78 is 9.88. The van der Waals surface area contributed by atoms with Crippen LogP contribution in [0.4, 0.5) is 0 Å². The monoisotopic (exact) mass is 418 g/mol. The van der Waals surface area contributed by atoms with Gasteiger partial charge in [-0.3, -0.25) is 0 Å². The quantitative estimate of drug-likeness (QED) is 0.447. The molecule has 0 aliphatic heterocycles. The standard InChI is InChI=1S/C13H25N2OSi.3CH3.Sn/c1-5-6-7-13-14-8-9-15(13)12-16-10-11-17(2,3)4;;;;/h8H,5-7,10-12H2,1-4H3;3*1H3;. The molecular formula is C16H34N2OSiSn. The molecule has 1 heterocycles. The first-order chi connectivity index (χ1) is 9.65. The maximum absolute atomic E-state index is 6.00. The molecule has 0 fully saturated rings. The van der Waals surface area contributed by atoms with Crippen LogP contribution in [0.3, 0.4) is 0 Å². The molecule has 0 spiro atoms. The number of hydrogen-bond acceptors (Lipinski definition) is 2. The topological polar surface area (TPSA) is 27.1 Å². The van der Waals surface area contributed by atoms with E-state index < -0.39 is 26.5 Å². The predicted molar refractivity (Wildman–Crippen MR) is 97.9 cm³/mol. The van der Waals surface area contributed by atoms with Gasteiger partial charge in [0.1, 0.15) is 0 Å². The molecule has 3 nitrogen and oxygen atoms in total. The third kappa shape index (κ3) is 6.86. The number of imidazole rings is 1. The Hall–Kier alpha value is 0.186. The number of rotatable bonds is 9. The summed E-state index contributed by atoms with van der Waals surface area (Å²) in [4.78, 5) is 12.0. The average Bonchev–Trinajstić information content (AvgIpc) is 2.73. The summed E-state index contributed by atoms with van der Waals surface area (Å²) in [6.45, 7) is 11.0. The van der Waals surface area contributed by atoms with Gasteiger partial charge < -0.3 is 0 Å². The van der Waals surface area contributed by atoms with Gasteiger partial charge in [0, 0.05) is 0 Å². The Morgan fingerprint density at radius 3 is 2.43 bits per heavy atom. The summed E-state index contributed by atoms with van der Waals surface area (Å²) in [6, 6.07) is 1.24. The summed E-state index contributed by atoms with van der Waals surface area (Å²) in [6.07, 6.45) is 5.64. The van der Waals surface area contributed by atoms with E-state index in [0.29, 0.717) is 6.73 Å². The van der Waals surface area contributed by atoms with Crippen molar-refractivity contribution in [1.29, 1.82) is 0 Å². The summed E-state index contributed by atoms with van der Waals surface area (Å²) >= 11 is -2.12. The molecule has 1 aromatic rings. The molecule has 0 saturated carbocycles. The molecule has 0 bridgehead atoms. The number of hydrogen-bond donors (Lipinski definition) is 0. The molecule has 21 heavy (non-hydrogen) atoms. The van der Waals surface area contributed by atoms with Crippen LogP contribution in [0.15, 0.2) is 6.20 Å². The van der Waals surface area contributed by atoms with Gasteiger partial charge in [0.15, 0.2) is 0 Å². The fourth-order valence-electron chi connectivity index (χ4n) is 2.23. The molecular weight excluding hydrogens is 383 g/mol. The number of aromatic nitrogens is 2. The van der Waals surface area contributed by atoms with Gasteiger partial charge >= 0.3 is 136 Å². The van der Waals surface area contributed by atoms with Gasteiger partial charge in [-0.05, 0) is 0 Å². The molecule has 0 saturated heterocycles. The van der Waals surface area contributed by atoms with E-state index in [4.69, 9.17) is 9.72 Å². The first kappa shape index (κ1) is 19.2. The van der Waals surface area contributed by atoms with E-state index in [9.17, 15) is 0 Å². The molecule has 1 rings (SSSR count). The fourth-order valence-corrected chi connectivity index (χ4v) is 7.14. The predicted octanol–water partition coefficient (Wildman–Crippen LogP) is 4.08. The van der Waals surface area contributed by atoms with Crippen molar-refractivity contribution in [3.05, 3.63) is 12.0 Å². The van der Waals surface area contributed by atoms with Crippen LogP contribution < -0.4 is 3.71 Å². The molecule has 0 N–H and O–H groups in total. The third-order valence-corrected chi connectivity index (χ3v) is 10.9. The van der Waals surface area contributed by atoms with E-state index in [-0.39, 0.29) is 0 Å². The van der Waals surface area contributed by atoms with E-state index in [1.54, 1.807) is 0 Å². The maximum atomic E-state index is 6.00. The fraction of sp³-hybridized carbons (Fsp3) is 0.812. The summed E-state index contributed by atoms with van der Waals surface area (Å²) in [5, 5.41) is 0. The Bertz CT molecular complexity index is 432. The van der Waals surface area contributed by atoms with Crippen molar-refractivity contribution in [1.82, 2.24) is 9.55 Å². The van der Waals surface area contributed by atoms with Gasteiger partial charge in [-0.25, -0.2) is 0 Å². The van der Waals surface area contributed by atoms with Crippen LogP contribution in [0, 0.1) is 0 Å². The molecule has 1 aromatic heterocycles. The molecule has 0 unspecified atom stereocenters. The minimum absolute atomic E-state index is 0.701.